The Kier molecular flexibility index (Phi) is 8.87. The standard InChI is InChI=1S/C24H23ClN2O5/c1-5-10-27-23(28)18(14-26)12-17-6-8-21(22(13-17)30-4)32-24(29)16(3)31-20-9-7-19(25)11-15(20)2/h5-9,11-13,16H,1,10H2,2-4H3,(H,27,28)/b18-12+/t16-/m0/s1. The molecule has 2 aromatic carbocycles. The van der Waals surface area contributed by atoms with Gasteiger partial charge in [0.25, 0.3) is 5.91 Å². The second-order valence-electron chi connectivity index (χ2n) is 6.67. The van der Waals surface area contributed by atoms with Crippen LogP contribution in [0.1, 0.15) is 18.1 Å². The third-order valence-electron chi connectivity index (χ3n) is 4.25. The van der Waals surface area contributed by atoms with E-state index in [1.54, 1.807) is 37.3 Å². The number of carbonyl (C=O) groups is 2. The van der Waals surface area contributed by atoms with Crippen LogP contribution in [0.2, 0.25) is 5.02 Å². The molecular weight excluding hydrogens is 432 g/mol. The second kappa shape index (κ2) is 11.6. The van der Waals surface area contributed by atoms with Gasteiger partial charge >= 0.3 is 5.97 Å². The van der Waals surface area contributed by atoms with Crippen molar-refractivity contribution in [2.24, 2.45) is 0 Å². The summed E-state index contributed by atoms with van der Waals surface area (Å²) in [7, 11) is 1.42. The van der Waals surface area contributed by atoms with E-state index in [2.05, 4.69) is 11.9 Å². The first-order valence-corrected chi connectivity index (χ1v) is 10.00. The molecule has 0 aromatic heterocycles. The quantitative estimate of drug-likeness (QED) is 0.200. The van der Waals surface area contributed by atoms with Gasteiger partial charge in [-0.1, -0.05) is 23.7 Å². The van der Waals surface area contributed by atoms with Crippen LogP contribution in [0, 0.1) is 18.3 Å². The van der Waals surface area contributed by atoms with E-state index in [1.807, 2.05) is 13.0 Å². The van der Waals surface area contributed by atoms with Gasteiger partial charge in [0.15, 0.2) is 17.6 Å². The van der Waals surface area contributed by atoms with Crippen molar-refractivity contribution in [1.29, 1.82) is 5.26 Å². The smallest absolute Gasteiger partial charge is 0.352 e. The minimum atomic E-state index is -0.891. The summed E-state index contributed by atoms with van der Waals surface area (Å²) in [6, 6.07) is 11.6. The minimum Gasteiger partial charge on any atom is -0.493 e. The van der Waals surface area contributed by atoms with Crippen LogP contribution in [-0.2, 0) is 9.59 Å². The van der Waals surface area contributed by atoms with Crippen LogP contribution in [0.25, 0.3) is 6.08 Å². The fourth-order valence-electron chi connectivity index (χ4n) is 2.61. The number of methoxy groups -OCH3 is 1. The largest absolute Gasteiger partial charge is 0.493 e. The summed E-state index contributed by atoms with van der Waals surface area (Å²) in [6.07, 6.45) is 2.03. The number of ether oxygens (including phenoxy) is 3. The van der Waals surface area contributed by atoms with E-state index in [-0.39, 0.29) is 23.6 Å². The number of aryl methyl sites for hydroxylation is 1. The molecule has 0 unspecified atom stereocenters. The van der Waals surface area contributed by atoms with Crippen molar-refractivity contribution in [2.75, 3.05) is 13.7 Å². The number of rotatable bonds is 9. The predicted octanol–water partition coefficient (Wildman–Crippen LogP) is 4.24. The lowest BCUT2D eigenvalue weighted by atomic mass is 10.1. The summed E-state index contributed by atoms with van der Waals surface area (Å²) >= 11 is 5.94. The number of nitrogens with zero attached hydrogens (tertiary/aromatic N) is 1. The molecule has 8 heteroatoms. The molecule has 7 nitrogen and oxygen atoms in total. The van der Waals surface area contributed by atoms with Crippen LogP contribution < -0.4 is 19.5 Å². The van der Waals surface area contributed by atoms with Gasteiger partial charge in [0, 0.05) is 11.6 Å². The molecule has 1 amide bonds. The number of esters is 1. The van der Waals surface area contributed by atoms with Crippen molar-refractivity contribution in [3.8, 4) is 23.3 Å². The molecule has 32 heavy (non-hydrogen) atoms. The van der Waals surface area contributed by atoms with Crippen molar-refractivity contribution in [2.45, 2.75) is 20.0 Å². The van der Waals surface area contributed by atoms with Gasteiger partial charge in [-0.3, -0.25) is 4.79 Å². The topological polar surface area (TPSA) is 97.7 Å². The summed E-state index contributed by atoms with van der Waals surface area (Å²) in [6.45, 7) is 7.15. The fraction of sp³-hybridized carbons (Fsp3) is 0.208. The molecule has 0 bridgehead atoms. The monoisotopic (exact) mass is 454 g/mol. The Morgan fingerprint density at radius 1 is 1.22 bits per heavy atom. The average Bonchev–Trinajstić information content (AvgIpc) is 2.78. The number of amides is 1. The molecule has 0 heterocycles. The first-order chi connectivity index (χ1) is 15.3. The van der Waals surface area contributed by atoms with E-state index in [0.29, 0.717) is 16.3 Å². The third kappa shape index (κ3) is 6.62. The number of benzene rings is 2. The molecule has 0 radical (unpaired) electrons. The Bertz CT molecular complexity index is 1090. The summed E-state index contributed by atoms with van der Waals surface area (Å²) < 4.78 is 16.4. The maximum absolute atomic E-state index is 12.5. The highest BCUT2D eigenvalue weighted by molar-refractivity contribution is 6.30. The molecule has 0 saturated carbocycles. The van der Waals surface area contributed by atoms with Gasteiger partial charge in [0.2, 0.25) is 0 Å². The summed E-state index contributed by atoms with van der Waals surface area (Å²) in [5.41, 5.74) is 1.23. The van der Waals surface area contributed by atoms with Gasteiger partial charge in [-0.25, -0.2) is 4.79 Å². The molecule has 0 saturated heterocycles. The maximum Gasteiger partial charge on any atom is 0.352 e. The van der Waals surface area contributed by atoms with E-state index < -0.39 is 18.0 Å². The summed E-state index contributed by atoms with van der Waals surface area (Å²) in [5.74, 6) is -0.198. The van der Waals surface area contributed by atoms with Crippen molar-refractivity contribution in [1.82, 2.24) is 5.32 Å². The van der Waals surface area contributed by atoms with Crippen molar-refractivity contribution in [3.63, 3.8) is 0 Å². The Hall–Kier alpha value is -3.76. The zero-order chi connectivity index (χ0) is 23.7. The number of hydrogen-bond donors (Lipinski definition) is 1. The van der Waals surface area contributed by atoms with E-state index in [0.717, 1.165) is 5.56 Å². The predicted molar refractivity (Wildman–Crippen MR) is 122 cm³/mol. The van der Waals surface area contributed by atoms with Crippen LogP contribution in [0.3, 0.4) is 0 Å². The number of nitrogens with one attached hydrogen (secondary N) is 1. The molecule has 0 aliphatic heterocycles. The highest BCUT2D eigenvalue weighted by atomic mass is 35.5. The highest BCUT2D eigenvalue weighted by Gasteiger charge is 2.20. The molecule has 0 aliphatic carbocycles. The van der Waals surface area contributed by atoms with E-state index in [1.165, 1.54) is 25.3 Å². The van der Waals surface area contributed by atoms with Crippen molar-refractivity contribution >= 4 is 29.6 Å². The number of hydrogen-bond acceptors (Lipinski definition) is 6. The third-order valence-corrected chi connectivity index (χ3v) is 4.49. The normalized spacial score (nSPS) is 11.7. The minimum absolute atomic E-state index is 0.0843. The Morgan fingerprint density at radius 3 is 2.56 bits per heavy atom. The lowest BCUT2D eigenvalue weighted by molar-refractivity contribution is -0.141. The number of nitriles is 1. The molecule has 2 rings (SSSR count). The zero-order valence-electron chi connectivity index (χ0n) is 18.0. The number of carbonyl (C=O) groups excluding carboxylic acids is 2. The molecular formula is C24H23ClN2O5. The molecule has 2 aromatic rings. The molecule has 0 spiro atoms. The van der Waals surface area contributed by atoms with Crippen molar-refractivity contribution in [3.05, 3.63) is 70.8 Å². The van der Waals surface area contributed by atoms with Crippen LogP contribution in [0.15, 0.2) is 54.6 Å². The zero-order valence-corrected chi connectivity index (χ0v) is 18.7. The Morgan fingerprint density at radius 2 is 1.94 bits per heavy atom. The summed E-state index contributed by atoms with van der Waals surface area (Å²) in [4.78, 5) is 24.5. The first-order valence-electron chi connectivity index (χ1n) is 9.62. The van der Waals surface area contributed by atoms with Gasteiger partial charge in [0.1, 0.15) is 17.4 Å². The van der Waals surface area contributed by atoms with Crippen LogP contribution >= 0.6 is 11.6 Å². The van der Waals surface area contributed by atoms with Gasteiger partial charge in [-0.15, -0.1) is 6.58 Å². The van der Waals surface area contributed by atoms with Gasteiger partial charge in [0.05, 0.1) is 7.11 Å². The van der Waals surface area contributed by atoms with Gasteiger partial charge in [-0.05, 0) is 61.4 Å². The summed E-state index contributed by atoms with van der Waals surface area (Å²) in [5, 5.41) is 12.4. The fourth-order valence-corrected chi connectivity index (χ4v) is 2.84. The van der Waals surface area contributed by atoms with Crippen LogP contribution in [0.4, 0.5) is 0 Å². The van der Waals surface area contributed by atoms with Gasteiger partial charge < -0.3 is 19.5 Å². The Labute approximate surface area is 191 Å². The van der Waals surface area contributed by atoms with E-state index in [4.69, 9.17) is 25.8 Å². The van der Waals surface area contributed by atoms with Crippen molar-refractivity contribution < 1.29 is 23.8 Å². The van der Waals surface area contributed by atoms with Crippen LogP contribution in [-0.4, -0.2) is 31.6 Å². The van der Waals surface area contributed by atoms with E-state index in [9.17, 15) is 14.9 Å². The first kappa shape index (κ1) is 24.5. The lowest BCUT2D eigenvalue weighted by Gasteiger charge is -2.16. The molecule has 1 atom stereocenters. The number of halogens is 1. The second-order valence-corrected chi connectivity index (χ2v) is 7.11. The maximum atomic E-state index is 12.5. The van der Waals surface area contributed by atoms with Crippen LogP contribution in [0.5, 0.6) is 17.2 Å². The highest BCUT2D eigenvalue weighted by Crippen LogP contribution is 2.30. The Balaban J connectivity index is 2.15. The lowest BCUT2D eigenvalue weighted by Crippen LogP contribution is -2.28. The SMILES string of the molecule is C=CCNC(=O)/C(C#N)=C/c1ccc(OC(=O)[C@H](C)Oc2ccc(Cl)cc2C)c(OC)c1. The molecule has 166 valence electrons. The molecule has 1 N–H and O–H groups in total. The average molecular weight is 455 g/mol. The van der Waals surface area contributed by atoms with E-state index >= 15 is 0 Å². The molecule has 0 aliphatic rings. The van der Waals surface area contributed by atoms with Gasteiger partial charge in [-0.2, -0.15) is 5.26 Å². The molecule has 0 fully saturated rings.